The molecule has 98 valence electrons. The molecule has 0 amide bonds. The van der Waals surface area contributed by atoms with Crippen LogP contribution >= 0.6 is 0 Å². The molecular formula is C12H13F3N2O. The third-order valence-corrected chi connectivity index (χ3v) is 3.99. The fourth-order valence-electron chi connectivity index (χ4n) is 2.63. The van der Waals surface area contributed by atoms with Crippen LogP contribution in [-0.4, -0.2) is 24.3 Å². The van der Waals surface area contributed by atoms with Crippen LogP contribution in [0, 0.1) is 22.9 Å². The molecule has 0 radical (unpaired) electrons. The zero-order valence-electron chi connectivity index (χ0n) is 9.59. The minimum atomic E-state index is -1.56. The smallest absolute Gasteiger partial charge is 0.198 e. The van der Waals surface area contributed by atoms with Crippen molar-refractivity contribution >= 4 is 11.4 Å². The Morgan fingerprint density at radius 1 is 1.22 bits per heavy atom. The summed E-state index contributed by atoms with van der Waals surface area (Å²) in [5.74, 6) is -4.17. The number of aliphatic hydroxyl groups excluding tert-OH is 1. The lowest BCUT2D eigenvalue weighted by atomic mass is 10.0. The fourth-order valence-corrected chi connectivity index (χ4v) is 2.63. The van der Waals surface area contributed by atoms with Crippen molar-refractivity contribution in [1.82, 2.24) is 0 Å². The molecule has 3 nitrogen and oxygen atoms in total. The zero-order chi connectivity index (χ0) is 13.1. The van der Waals surface area contributed by atoms with Gasteiger partial charge < -0.3 is 15.7 Å². The van der Waals surface area contributed by atoms with E-state index in [0.717, 1.165) is 18.9 Å². The van der Waals surface area contributed by atoms with Gasteiger partial charge in [0.15, 0.2) is 17.5 Å². The largest absolute Gasteiger partial charge is 0.396 e. The van der Waals surface area contributed by atoms with Crippen LogP contribution in [0.25, 0.3) is 0 Å². The Balaban J connectivity index is 1.98. The molecule has 3 N–H and O–H groups in total. The van der Waals surface area contributed by atoms with E-state index in [0.29, 0.717) is 6.54 Å². The van der Waals surface area contributed by atoms with Crippen molar-refractivity contribution in [3.63, 3.8) is 0 Å². The summed E-state index contributed by atoms with van der Waals surface area (Å²) in [6.07, 6.45) is 1.21. The molecule has 3 rings (SSSR count). The molecule has 2 aliphatic rings. The van der Waals surface area contributed by atoms with E-state index in [1.54, 1.807) is 0 Å². The Hall–Kier alpha value is -1.43. The molecule has 1 aromatic carbocycles. The standard InChI is InChI=1S/C12H13F3N2O/c13-9-6(16)3-7(10(14)11(9)15)17-4-8(18)12(5-17)1-2-12/h3,8,18H,1-2,4-5,16H2. The zero-order valence-corrected chi connectivity index (χ0v) is 9.59. The van der Waals surface area contributed by atoms with Gasteiger partial charge in [0.1, 0.15) is 0 Å². The second-order valence-electron chi connectivity index (χ2n) is 5.19. The van der Waals surface area contributed by atoms with Gasteiger partial charge in [0.05, 0.1) is 17.5 Å². The number of aliphatic hydroxyl groups is 1. The lowest BCUT2D eigenvalue weighted by Crippen LogP contribution is -2.23. The van der Waals surface area contributed by atoms with Crippen molar-refractivity contribution in [2.75, 3.05) is 23.7 Å². The molecule has 0 bridgehead atoms. The number of rotatable bonds is 1. The molecule has 1 saturated heterocycles. The van der Waals surface area contributed by atoms with Gasteiger partial charge in [-0.1, -0.05) is 0 Å². The SMILES string of the molecule is Nc1cc(N2CC(O)C3(CC3)C2)c(F)c(F)c1F. The molecule has 2 fully saturated rings. The van der Waals surface area contributed by atoms with Crippen LogP contribution in [0.2, 0.25) is 0 Å². The van der Waals surface area contributed by atoms with Crippen molar-refractivity contribution in [1.29, 1.82) is 0 Å². The van der Waals surface area contributed by atoms with Gasteiger partial charge in [-0.3, -0.25) is 0 Å². The van der Waals surface area contributed by atoms with Crippen LogP contribution in [0.15, 0.2) is 6.07 Å². The lowest BCUT2D eigenvalue weighted by Gasteiger charge is -2.20. The van der Waals surface area contributed by atoms with Crippen LogP contribution in [0.1, 0.15) is 12.8 Å². The summed E-state index contributed by atoms with van der Waals surface area (Å²) in [5, 5.41) is 9.87. The van der Waals surface area contributed by atoms with Crippen molar-refractivity contribution < 1.29 is 18.3 Å². The molecule has 1 heterocycles. The quantitative estimate of drug-likeness (QED) is 0.595. The van der Waals surface area contributed by atoms with E-state index in [9.17, 15) is 18.3 Å². The summed E-state index contributed by atoms with van der Waals surface area (Å²) < 4.78 is 40.1. The predicted octanol–water partition coefficient (Wildman–Crippen LogP) is 1.65. The normalized spacial score (nSPS) is 24.9. The van der Waals surface area contributed by atoms with E-state index < -0.39 is 29.2 Å². The summed E-state index contributed by atoms with van der Waals surface area (Å²) in [6, 6.07) is 1.09. The van der Waals surface area contributed by atoms with E-state index in [1.807, 2.05) is 0 Å². The van der Waals surface area contributed by atoms with Crippen molar-refractivity contribution in [2.24, 2.45) is 5.41 Å². The molecule has 1 aliphatic heterocycles. The van der Waals surface area contributed by atoms with Gasteiger partial charge in [0.25, 0.3) is 0 Å². The van der Waals surface area contributed by atoms with Gasteiger partial charge in [-0.05, 0) is 18.9 Å². The number of β-amino-alcohol motifs (C(OH)–C–C–N with tert-alkyl or cyclic N) is 1. The average Bonchev–Trinajstić information content (AvgIpc) is 3.03. The van der Waals surface area contributed by atoms with Gasteiger partial charge in [0, 0.05) is 18.5 Å². The summed E-state index contributed by atoms with van der Waals surface area (Å²) in [4.78, 5) is 1.53. The number of nitrogens with zero attached hydrogens (tertiary/aromatic N) is 1. The third kappa shape index (κ3) is 1.48. The number of benzene rings is 1. The maximum absolute atomic E-state index is 13.7. The highest BCUT2D eigenvalue weighted by Crippen LogP contribution is 2.53. The molecule has 1 spiro atoms. The van der Waals surface area contributed by atoms with Gasteiger partial charge in [-0.15, -0.1) is 0 Å². The number of hydrogen-bond donors (Lipinski definition) is 2. The molecule has 1 aromatic rings. The first-order chi connectivity index (χ1) is 8.44. The van der Waals surface area contributed by atoms with Gasteiger partial charge in [-0.2, -0.15) is 0 Å². The highest BCUT2D eigenvalue weighted by molar-refractivity contribution is 5.59. The number of nitrogen functional groups attached to an aromatic ring is 1. The number of halogens is 3. The molecule has 1 aliphatic carbocycles. The minimum Gasteiger partial charge on any atom is -0.396 e. The van der Waals surface area contributed by atoms with Crippen LogP contribution in [0.4, 0.5) is 24.5 Å². The predicted molar refractivity (Wildman–Crippen MR) is 60.6 cm³/mol. The maximum atomic E-state index is 13.7. The molecule has 1 unspecified atom stereocenters. The van der Waals surface area contributed by atoms with Gasteiger partial charge in [-0.25, -0.2) is 13.2 Å². The summed E-state index contributed by atoms with van der Waals surface area (Å²) in [7, 11) is 0. The first kappa shape index (κ1) is 11.6. The summed E-state index contributed by atoms with van der Waals surface area (Å²) >= 11 is 0. The Kier molecular flexibility index (Phi) is 2.29. The number of anilines is 2. The summed E-state index contributed by atoms with van der Waals surface area (Å²) in [5.41, 5.74) is 4.62. The van der Waals surface area contributed by atoms with E-state index in [1.165, 1.54) is 4.90 Å². The lowest BCUT2D eigenvalue weighted by molar-refractivity contribution is 0.136. The molecule has 0 aromatic heterocycles. The summed E-state index contributed by atoms with van der Waals surface area (Å²) in [6.45, 7) is 0.678. The van der Waals surface area contributed by atoms with Crippen LogP contribution in [0.3, 0.4) is 0 Å². The minimum absolute atomic E-state index is 0.0748. The molecule has 1 atom stereocenters. The highest BCUT2D eigenvalue weighted by Gasteiger charge is 2.55. The fraction of sp³-hybridized carbons (Fsp3) is 0.500. The van der Waals surface area contributed by atoms with Crippen molar-refractivity contribution in [2.45, 2.75) is 18.9 Å². The number of nitrogens with two attached hydrogens (primary N) is 1. The first-order valence-electron chi connectivity index (χ1n) is 5.80. The Labute approximate surface area is 102 Å². The van der Waals surface area contributed by atoms with Gasteiger partial charge >= 0.3 is 0 Å². The van der Waals surface area contributed by atoms with Crippen LogP contribution in [-0.2, 0) is 0 Å². The second-order valence-corrected chi connectivity index (χ2v) is 5.19. The van der Waals surface area contributed by atoms with E-state index >= 15 is 0 Å². The maximum Gasteiger partial charge on any atom is 0.198 e. The molecule has 6 heteroatoms. The first-order valence-corrected chi connectivity index (χ1v) is 5.80. The Bertz CT molecular complexity index is 517. The van der Waals surface area contributed by atoms with E-state index in [-0.39, 0.29) is 17.6 Å². The van der Waals surface area contributed by atoms with Crippen LogP contribution in [0.5, 0.6) is 0 Å². The van der Waals surface area contributed by atoms with Crippen molar-refractivity contribution in [3.05, 3.63) is 23.5 Å². The molecule has 1 saturated carbocycles. The van der Waals surface area contributed by atoms with E-state index in [2.05, 4.69) is 0 Å². The highest BCUT2D eigenvalue weighted by atomic mass is 19.2. The third-order valence-electron chi connectivity index (χ3n) is 3.99. The van der Waals surface area contributed by atoms with Crippen molar-refractivity contribution in [3.8, 4) is 0 Å². The number of hydrogen-bond acceptors (Lipinski definition) is 3. The Morgan fingerprint density at radius 2 is 1.89 bits per heavy atom. The average molecular weight is 258 g/mol. The van der Waals surface area contributed by atoms with Gasteiger partial charge in [0.2, 0.25) is 0 Å². The molecule has 18 heavy (non-hydrogen) atoms. The Morgan fingerprint density at radius 3 is 2.44 bits per heavy atom. The second kappa shape index (κ2) is 3.54. The molecular weight excluding hydrogens is 245 g/mol. The van der Waals surface area contributed by atoms with E-state index in [4.69, 9.17) is 5.73 Å². The van der Waals surface area contributed by atoms with Crippen LogP contribution < -0.4 is 10.6 Å². The monoisotopic (exact) mass is 258 g/mol. The topological polar surface area (TPSA) is 49.5 Å².